The van der Waals surface area contributed by atoms with Crippen LogP contribution in [0.1, 0.15) is 18.2 Å². The highest BCUT2D eigenvalue weighted by molar-refractivity contribution is 5.80. The summed E-state index contributed by atoms with van der Waals surface area (Å²) in [5, 5.41) is 1.03. The van der Waals surface area contributed by atoms with Crippen LogP contribution in [-0.2, 0) is 16.0 Å². The van der Waals surface area contributed by atoms with Crippen molar-refractivity contribution in [3.63, 3.8) is 0 Å². The minimum atomic E-state index is -0.252. The van der Waals surface area contributed by atoms with E-state index in [9.17, 15) is 4.79 Å². The van der Waals surface area contributed by atoms with Crippen LogP contribution in [0, 0.1) is 6.92 Å². The van der Waals surface area contributed by atoms with Crippen molar-refractivity contribution in [2.24, 2.45) is 0 Å². The molecular weight excluding hydrogens is 204 g/mol. The van der Waals surface area contributed by atoms with E-state index in [0.717, 1.165) is 11.0 Å². The Bertz CT molecular complexity index is 511. The molecule has 0 radical (unpaired) electrons. The summed E-state index contributed by atoms with van der Waals surface area (Å²) in [5.41, 5.74) is 1.99. The van der Waals surface area contributed by atoms with Crippen LogP contribution in [0.15, 0.2) is 28.7 Å². The van der Waals surface area contributed by atoms with Gasteiger partial charge in [0.05, 0.1) is 6.61 Å². The molecule has 2 aromatic rings. The summed E-state index contributed by atoms with van der Waals surface area (Å²) in [5.74, 6) is 0.400. The molecule has 16 heavy (non-hydrogen) atoms. The summed E-state index contributed by atoms with van der Waals surface area (Å²) in [6, 6.07) is 7.83. The zero-order valence-corrected chi connectivity index (χ0v) is 9.45. The topological polar surface area (TPSA) is 39.4 Å². The molecule has 0 saturated carbocycles. The molecule has 0 aliphatic heterocycles. The first-order valence-corrected chi connectivity index (χ1v) is 5.33. The molecule has 0 aliphatic carbocycles. The highest BCUT2D eigenvalue weighted by Gasteiger charge is 2.09. The second-order valence-corrected chi connectivity index (χ2v) is 3.74. The van der Waals surface area contributed by atoms with Crippen LogP contribution in [0.3, 0.4) is 0 Å². The van der Waals surface area contributed by atoms with Crippen LogP contribution in [0.2, 0.25) is 0 Å². The highest BCUT2D eigenvalue weighted by Crippen LogP contribution is 2.21. The Kier molecular flexibility index (Phi) is 2.95. The van der Waals surface area contributed by atoms with Gasteiger partial charge in [-0.3, -0.25) is 4.79 Å². The number of esters is 1. The maximum atomic E-state index is 11.3. The average Bonchev–Trinajstić information content (AvgIpc) is 2.59. The van der Waals surface area contributed by atoms with Crippen molar-refractivity contribution in [3.8, 4) is 0 Å². The largest absolute Gasteiger partial charge is 0.466 e. The van der Waals surface area contributed by atoms with Crippen molar-refractivity contribution in [1.29, 1.82) is 0 Å². The fourth-order valence-corrected chi connectivity index (χ4v) is 1.66. The first-order valence-electron chi connectivity index (χ1n) is 5.33. The second-order valence-electron chi connectivity index (χ2n) is 3.74. The van der Waals surface area contributed by atoms with Gasteiger partial charge in [-0.1, -0.05) is 11.6 Å². The first kappa shape index (κ1) is 10.7. The zero-order chi connectivity index (χ0) is 11.5. The number of hydrogen-bond acceptors (Lipinski definition) is 3. The lowest BCUT2D eigenvalue weighted by atomic mass is 10.2. The van der Waals surface area contributed by atoms with Crippen LogP contribution < -0.4 is 0 Å². The molecule has 3 heteroatoms. The Hall–Kier alpha value is -1.77. The molecule has 0 atom stereocenters. The summed E-state index contributed by atoms with van der Waals surface area (Å²) < 4.78 is 10.4. The third-order valence-electron chi connectivity index (χ3n) is 2.35. The first-order chi connectivity index (χ1) is 7.69. The molecule has 0 aliphatic rings. The number of hydrogen-bond donors (Lipinski definition) is 0. The van der Waals surface area contributed by atoms with Crippen LogP contribution in [0.4, 0.5) is 0 Å². The molecule has 1 heterocycles. The van der Waals surface area contributed by atoms with Gasteiger partial charge >= 0.3 is 5.97 Å². The highest BCUT2D eigenvalue weighted by atomic mass is 16.5. The minimum absolute atomic E-state index is 0.196. The van der Waals surface area contributed by atoms with Gasteiger partial charge in [-0.05, 0) is 32.0 Å². The van der Waals surface area contributed by atoms with Crippen molar-refractivity contribution in [2.75, 3.05) is 6.61 Å². The van der Waals surface area contributed by atoms with Gasteiger partial charge in [0, 0.05) is 5.39 Å². The Morgan fingerprint density at radius 1 is 1.38 bits per heavy atom. The van der Waals surface area contributed by atoms with Crippen LogP contribution in [0.25, 0.3) is 11.0 Å². The lowest BCUT2D eigenvalue weighted by molar-refractivity contribution is -0.142. The maximum absolute atomic E-state index is 11.3. The normalized spacial score (nSPS) is 10.6. The van der Waals surface area contributed by atoms with E-state index in [1.165, 1.54) is 5.56 Å². The molecule has 1 aromatic heterocycles. The molecule has 84 valence electrons. The molecule has 2 rings (SSSR count). The fourth-order valence-electron chi connectivity index (χ4n) is 1.66. The second kappa shape index (κ2) is 4.39. The van der Waals surface area contributed by atoms with Crippen molar-refractivity contribution >= 4 is 16.9 Å². The lowest BCUT2D eigenvalue weighted by Gasteiger charge is -1.97. The van der Waals surface area contributed by atoms with E-state index in [-0.39, 0.29) is 12.4 Å². The van der Waals surface area contributed by atoms with Gasteiger partial charge in [0.1, 0.15) is 17.8 Å². The number of carbonyl (C=O) groups excluding carboxylic acids is 1. The van der Waals surface area contributed by atoms with Gasteiger partial charge in [-0.15, -0.1) is 0 Å². The van der Waals surface area contributed by atoms with Crippen molar-refractivity contribution in [3.05, 3.63) is 35.6 Å². The molecule has 0 fully saturated rings. The summed E-state index contributed by atoms with van der Waals surface area (Å²) in [4.78, 5) is 11.3. The minimum Gasteiger partial charge on any atom is -0.466 e. The van der Waals surface area contributed by atoms with E-state index in [4.69, 9.17) is 9.15 Å². The Morgan fingerprint density at radius 3 is 2.94 bits per heavy atom. The average molecular weight is 218 g/mol. The Morgan fingerprint density at radius 2 is 2.19 bits per heavy atom. The van der Waals surface area contributed by atoms with Gasteiger partial charge in [0.25, 0.3) is 0 Å². The third-order valence-corrected chi connectivity index (χ3v) is 2.35. The number of rotatable bonds is 3. The smallest absolute Gasteiger partial charge is 0.313 e. The molecule has 1 aromatic carbocycles. The molecular formula is C13H14O3. The van der Waals surface area contributed by atoms with Crippen molar-refractivity contribution in [2.45, 2.75) is 20.3 Å². The Balaban J connectivity index is 2.23. The van der Waals surface area contributed by atoms with Gasteiger partial charge in [-0.25, -0.2) is 0 Å². The van der Waals surface area contributed by atoms with Gasteiger partial charge < -0.3 is 9.15 Å². The van der Waals surface area contributed by atoms with Crippen LogP contribution in [-0.4, -0.2) is 12.6 Å². The number of benzene rings is 1. The lowest BCUT2D eigenvalue weighted by Crippen LogP contribution is -2.06. The fraction of sp³-hybridized carbons (Fsp3) is 0.308. The van der Waals surface area contributed by atoms with Gasteiger partial charge in [0.15, 0.2) is 0 Å². The van der Waals surface area contributed by atoms with Crippen molar-refractivity contribution in [1.82, 2.24) is 0 Å². The molecule has 0 bridgehead atoms. The standard InChI is InChI=1S/C13H14O3/c1-3-15-13(14)8-11-7-10-6-9(2)4-5-12(10)16-11/h4-7H,3,8H2,1-2H3. The quantitative estimate of drug-likeness (QED) is 0.743. The van der Waals surface area contributed by atoms with Crippen molar-refractivity contribution < 1.29 is 13.9 Å². The predicted molar refractivity (Wildman–Crippen MR) is 61.3 cm³/mol. The Labute approximate surface area is 94.0 Å². The summed E-state index contributed by atoms with van der Waals surface area (Å²) in [7, 11) is 0. The number of fused-ring (bicyclic) bond motifs is 1. The van der Waals surface area contributed by atoms with Gasteiger partial charge in [0.2, 0.25) is 0 Å². The summed E-state index contributed by atoms with van der Waals surface area (Å²) in [6.07, 6.45) is 0.196. The number of carbonyl (C=O) groups is 1. The molecule has 0 N–H and O–H groups in total. The monoisotopic (exact) mass is 218 g/mol. The predicted octanol–water partition coefficient (Wildman–Crippen LogP) is 2.85. The maximum Gasteiger partial charge on any atom is 0.313 e. The van der Waals surface area contributed by atoms with E-state index in [0.29, 0.717) is 12.4 Å². The van der Waals surface area contributed by atoms with E-state index in [1.54, 1.807) is 6.92 Å². The van der Waals surface area contributed by atoms with Crippen LogP contribution >= 0.6 is 0 Å². The number of furan rings is 1. The summed E-state index contributed by atoms with van der Waals surface area (Å²) in [6.45, 7) is 4.22. The van der Waals surface area contributed by atoms with E-state index in [2.05, 4.69) is 0 Å². The van der Waals surface area contributed by atoms with Gasteiger partial charge in [-0.2, -0.15) is 0 Å². The third kappa shape index (κ3) is 2.24. The molecule has 0 spiro atoms. The SMILES string of the molecule is CCOC(=O)Cc1cc2cc(C)ccc2o1. The van der Waals surface area contributed by atoms with E-state index >= 15 is 0 Å². The molecule has 3 nitrogen and oxygen atoms in total. The zero-order valence-electron chi connectivity index (χ0n) is 9.45. The van der Waals surface area contributed by atoms with E-state index in [1.807, 2.05) is 31.2 Å². The molecule has 0 saturated heterocycles. The van der Waals surface area contributed by atoms with Crippen LogP contribution in [0.5, 0.6) is 0 Å². The summed E-state index contributed by atoms with van der Waals surface area (Å²) >= 11 is 0. The van der Waals surface area contributed by atoms with E-state index < -0.39 is 0 Å². The number of ether oxygens (including phenoxy) is 1. The molecule has 0 amide bonds. The molecule has 0 unspecified atom stereocenters. The number of aryl methyl sites for hydroxylation is 1.